The molecule has 0 amide bonds. The standard InChI is InChI=1S/C16H17NO5S/c1-11-3-6-13(7-4-11)17-23(20,21)15-9-12(10-16(18)19)5-8-14(15)22-2/h3-9,17H,10H2,1-2H3,(H,18,19). The van der Waals surface area contributed by atoms with Crippen molar-refractivity contribution >= 4 is 21.7 Å². The highest BCUT2D eigenvalue weighted by atomic mass is 32.2. The van der Waals surface area contributed by atoms with Crippen molar-refractivity contribution in [1.29, 1.82) is 0 Å². The van der Waals surface area contributed by atoms with E-state index in [4.69, 9.17) is 9.84 Å². The summed E-state index contributed by atoms with van der Waals surface area (Å²) in [6.45, 7) is 1.90. The molecule has 2 aromatic carbocycles. The number of benzene rings is 2. The molecule has 0 bridgehead atoms. The van der Waals surface area contributed by atoms with Crippen LogP contribution in [0.2, 0.25) is 0 Å². The molecule has 0 saturated heterocycles. The molecule has 0 unspecified atom stereocenters. The quantitative estimate of drug-likeness (QED) is 0.846. The van der Waals surface area contributed by atoms with Gasteiger partial charge in [-0.1, -0.05) is 23.8 Å². The van der Waals surface area contributed by atoms with Gasteiger partial charge in [-0.15, -0.1) is 0 Å². The minimum Gasteiger partial charge on any atom is -0.495 e. The smallest absolute Gasteiger partial charge is 0.307 e. The van der Waals surface area contributed by atoms with Gasteiger partial charge in [0.1, 0.15) is 10.6 Å². The first-order chi connectivity index (χ1) is 10.8. The molecule has 0 saturated carbocycles. The van der Waals surface area contributed by atoms with E-state index in [0.29, 0.717) is 11.3 Å². The molecule has 122 valence electrons. The minimum absolute atomic E-state index is 0.0978. The Morgan fingerprint density at radius 2 is 1.83 bits per heavy atom. The zero-order valence-corrected chi connectivity index (χ0v) is 13.6. The number of aryl methyl sites for hydroxylation is 1. The largest absolute Gasteiger partial charge is 0.495 e. The molecule has 2 rings (SSSR count). The molecular formula is C16H17NO5S. The first kappa shape index (κ1) is 16.8. The maximum atomic E-state index is 12.6. The number of aliphatic carboxylic acids is 1. The molecule has 0 fully saturated rings. The topological polar surface area (TPSA) is 92.7 Å². The Labute approximate surface area is 134 Å². The predicted molar refractivity (Wildman–Crippen MR) is 86.3 cm³/mol. The number of methoxy groups -OCH3 is 1. The summed E-state index contributed by atoms with van der Waals surface area (Å²) in [5.74, 6) is -0.885. The van der Waals surface area contributed by atoms with Crippen LogP contribution in [0.25, 0.3) is 0 Å². The van der Waals surface area contributed by atoms with Crippen molar-refractivity contribution in [2.45, 2.75) is 18.2 Å². The summed E-state index contributed by atoms with van der Waals surface area (Å²) in [7, 11) is -2.54. The van der Waals surface area contributed by atoms with Gasteiger partial charge in [0, 0.05) is 5.69 Å². The highest BCUT2D eigenvalue weighted by Crippen LogP contribution is 2.27. The Morgan fingerprint density at radius 1 is 1.17 bits per heavy atom. The molecular weight excluding hydrogens is 318 g/mol. The molecule has 6 nitrogen and oxygen atoms in total. The monoisotopic (exact) mass is 335 g/mol. The van der Waals surface area contributed by atoms with Gasteiger partial charge in [0.2, 0.25) is 0 Å². The fourth-order valence-corrected chi connectivity index (χ4v) is 3.33. The van der Waals surface area contributed by atoms with Gasteiger partial charge in [0.25, 0.3) is 10.0 Å². The normalized spacial score (nSPS) is 11.0. The maximum absolute atomic E-state index is 12.6. The zero-order valence-electron chi connectivity index (χ0n) is 12.7. The number of carbonyl (C=O) groups is 1. The highest BCUT2D eigenvalue weighted by molar-refractivity contribution is 7.92. The Morgan fingerprint density at radius 3 is 2.39 bits per heavy atom. The van der Waals surface area contributed by atoms with Gasteiger partial charge >= 0.3 is 5.97 Å². The molecule has 23 heavy (non-hydrogen) atoms. The lowest BCUT2D eigenvalue weighted by molar-refractivity contribution is -0.136. The van der Waals surface area contributed by atoms with Crippen molar-refractivity contribution in [2.24, 2.45) is 0 Å². The van der Waals surface area contributed by atoms with Crippen LogP contribution in [0.15, 0.2) is 47.4 Å². The van der Waals surface area contributed by atoms with Crippen molar-refractivity contribution in [3.8, 4) is 5.75 Å². The summed E-state index contributed by atoms with van der Waals surface area (Å²) in [6, 6.07) is 11.2. The molecule has 0 atom stereocenters. The number of hydrogen-bond acceptors (Lipinski definition) is 4. The van der Waals surface area contributed by atoms with E-state index in [1.54, 1.807) is 24.3 Å². The average molecular weight is 335 g/mol. The molecule has 2 aromatic rings. The fraction of sp³-hybridized carbons (Fsp3) is 0.188. The van der Waals surface area contributed by atoms with Gasteiger partial charge < -0.3 is 9.84 Å². The van der Waals surface area contributed by atoms with Gasteiger partial charge in [-0.05, 0) is 36.8 Å². The third-order valence-corrected chi connectivity index (χ3v) is 4.58. The third kappa shape index (κ3) is 4.23. The van der Waals surface area contributed by atoms with Crippen LogP contribution in [0.1, 0.15) is 11.1 Å². The molecule has 0 heterocycles. The van der Waals surface area contributed by atoms with E-state index >= 15 is 0 Å². The van der Waals surface area contributed by atoms with Crippen LogP contribution in [-0.2, 0) is 21.2 Å². The van der Waals surface area contributed by atoms with Gasteiger partial charge in [0.05, 0.1) is 13.5 Å². The van der Waals surface area contributed by atoms with Crippen molar-refractivity contribution in [3.05, 3.63) is 53.6 Å². The van der Waals surface area contributed by atoms with E-state index in [-0.39, 0.29) is 17.1 Å². The third-order valence-electron chi connectivity index (χ3n) is 3.18. The van der Waals surface area contributed by atoms with E-state index in [1.165, 1.54) is 25.3 Å². The Kier molecular flexibility index (Phi) is 4.90. The van der Waals surface area contributed by atoms with Gasteiger partial charge in [0.15, 0.2) is 0 Å². The second-order valence-corrected chi connectivity index (χ2v) is 6.68. The van der Waals surface area contributed by atoms with E-state index in [0.717, 1.165) is 5.56 Å². The molecule has 0 aliphatic carbocycles. The van der Waals surface area contributed by atoms with E-state index < -0.39 is 16.0 Å². The van der Waals surface area contributed by atoms with E-state index in [2.05, 4.69) is 4.72 Å². The first-order valence-corrected chi connectivity index (χ1v) is 8.28. The second kappa shape index (κ2) is 6.70. The summed E-state index contributed by atoms with van der Waals surface area (Å²) in [5.41, 5.74) is 1.80. The summed E-state index contributed by atoms with van der Waals surface area (Å²) in [4.78, 5) is 10.7. The van der Waals surface area contributed by atoms with Gasteiger partial charge in [-0.2, -0.15) is 0 Å². The number of rotatable bonds is 6. The number of ether oxygens (including phenoxy) is 1. The van der Waals surface area contributed by atoms with Crippen LogP contribution in [0.3, 0.4) is 0 Å². The lowest BCUT2D eigenvalue weighted by Crippen LogP contribution is -2.15. The van der Waals surface area contributed by atoms with Crippen molar-refractivity contribution in [1.82, 2.24) is 0 Å². The predicted octanol–water partition coefficient (Wildman–Crippen LogP) is 2.43. The molecule has 0 aliphatic rings. The van der Waals surface area contributed by atoms with Crippen LogP contribution >= 0.6 is 0 Å². The van der Waals surface area contributed by atoms with Crippen molar-refractivity contribution in [3.63, 3.8) is 0 Å². The number of anilines is 1. The number of carboxylic acid groups (broad SMARTS) is 1. The lowest BCUT2D eigenvalue weighted by atomic mass is 10.1. The van der Waals surface area contributed by atoms with Gasteiger partial charge in [-0.3, -0.25) is 9.52 Å². The summed E-state index contributed by atoms with van der Waals surface area (Å²) in [6.07, 6.45) is -0.267. The SMILES string of the molecule is COc1ccc(CC(=O)O)cc1S(=O)(=O)Nc1ccc(C)cc1. The van der Waals surface area contributed by atoms with Crippen LogP contribution in [0, 0.1) is 6.92 Å². The molecule has 2 N–H and O–H groups in total. The molecule has 0 radical (unpaired) electrons. The Balaban J connectivity index is 2.40. The number of sulfonamides is 1. The fourth-order valence-electron chi connectivity index (χ4n) is 2.05. The van der Waals surface area contributed by atoms with E-state index in [9.17, 15) is 13.2 Å². The Hall–Kier alpha value is -2.54. The maximum Gasteiger partial charge on any atom is 0.307 e. The van der Waals surface area contributed by atoms with E-state index in [1.807, 2.05) is 6.92 Å². The van der Waals surface area contributed by atoms with Crippen LogP contribution in [0.5, 0.6) is 5.75 Å². The average Bonchev–Trinajstić information content (AvgIpc) is 2.49. The van der Waals surface area contributed by atoms with Crippen molar-refractivity contribution < 1.29 is 23.1 Å². The lowest BCUT2D eigenvalue weighted by Gasteiger charge is -2.13. The molecule has 0 aliphatic heterocycles. The number of hydrogen-bond donors (Lipinski definition) is 2. The van der Waals surface area contributed by atoms with Crippen molar-refractivity contribution in [2.75, 3.05) is 11.8 Å². The second-order valence-electron chi connectivity index (χ2n) is 5.03. The number of nitrogens with one attached hydrogen (secondary N) is 1. The summed E-state index contributed by atoms with van der Waals surface area (Å²) >= 11 is 0. The highest BCUT2D eigenvalue weighted by Gasteiger charge is 2.21. The van der Waals surface area contributed by atoms with Crippen LogP contribution < -0.4 is 9.46 Å². The molecule has 0 aromatic heterocycles. The van der Waals surface area contributed by atoms with Gasteiger partial charge in [-0.25, -0.2) is 8.42 Å². The first-order valence-electron chi connectivity index (χ1n) is 6.80. The zero-order chi connectivity index (χ0) is 17.0. The minimum atomic E-state index is -3.90. The molecule has 7 heteroatoms. The summed E-state index contributed by atoms with van der Waals surface area (Å²) in [5, 5.41) is 8.85. The Bertz CT molecular complexity index is 813. The molecule has 0 spiro atoms. The number of carboxylic acids is 1. The summed E-state index contributed by atoms with van der Waals surface area (Å²) < 4.78 is 32.7. The van der Waals surface area contributed by atoms with Crippen LogP contribution in [-0.4, -0.2) is 26.6 Å². The van der Waals surface area contributed by atoms with Crippen LogP contribution in [0.4, 0.5) is 5.69 Å².